The average molecular weight is 296 g/mol. The molecule has 0 bridgehead atoms. The number of rotatable bonds is 4. The van der Waals surface area contributed by atoms with Crippen molar-refractivity contribution in [2.75, 3.05) is 7.05 Å². The minimum atomic E-state index is 0.235. The van der Waals surface area contributed by atoms with Crippen LogP contribution >= 0.6 is 11.6 Å². The number of ether oxygens (including phenoxy) is 1. The van der Waals surface area contributed by atoms with Crippen LogP contribution in [-0.4, -0.2) is 19.2 Å². The van der Waals surface area contributed by atoms with Crippen LogP contribution in [0.4, 0.5) is 0 Å². The van der Waals surface area contributed by atoms with E-state index < -0.39 is 0 Å². The van der Waals surface area contributed by atoms with E-state index in [0.29, 0.717) is 6.04 Å². The summed E-state index contributed by atoms with van der Waals surface area (Å²) in [5.41, 5.74) is 1.15. The third-order valence-corrected chi connectivity index (χ3v) is 4.81. The highest BCUT2D eigenvalue weighted by atomic mass is 35.5. The maximum Gasteiger partial charge on any atom is 0.124 e. The molecule has 0 amide bonds. The topological polar surface area (TPSA) is 21.3 Å². The van der Waals surface area contributed by atoms with E-state index in [-0.39, 0.29) is 6.10 Å². The van der Waals surface area contributed by atoms with Gasteiger partial charge in [0.15, 0.2) is 0 Å². The Bertz CT molecular complexity index is 447. The molecular weight excluding hydrogens is 270 g/mol. The first kappa shape index (κ1) is 15.7. The predicted octanol–water partition coefficient (Wildman–Crippen LogP) is 4.44. The van der Waals surface area contributed by atoms with E-state index in [4.69, 9.17) is 16.3 Å². The van der Waals surface area contributed by atoms with Crippen molar-refractivity contribution in [1.82, 2.24) is 5.32 Å². The number of benzene rings is 1. The SMILES string of the molecule is CNC1CCC(C(C)C)CC1Oc1cc(Cl)ccc1C. The highest BCUT2D eigenvalue weighted by Gasteiger charge is 2.32. The van der Waals surface area contributed by atoms with Crippen LogP contribution in [0.3, 0.4) is 0 Å². The molecule has 1 aromatic carbocycles. The third-order valence-electron chi connectivity index (χ3n) is 4.57. The fourth-order valence-corrected chi connectivity index (χ4v) is 3.25. The smallest absolute Gasteiger partial charge is 0.124 e. The Morgan fingerprint density at radius 2 is 2.05 bits per heavy atom. The van der Waals surface area contributed by atoms with Gasteiger partial charge in [-0.3, -0.25) is 0 Å². The van der Waals surface area contributed by atoms with Crippen LogP contribution in [0.5, 0.6) is 5.75 Å². The van der Waals surface area contributed by atoms with Crippen LogP contribution in [0.15, 0.2) is 18.2 Å². The molecule has 1 aromatic rings. The second kappa shape index (κ2) is 6.82. The number of halogens is 1. The van der Waals surface area contributed by atoms with E-state index in [1.807, 2.05) is 25.2 Å². The molecule has 2 rings (SSSR count). The third kappa shape index (κ3) is 3.67. The van der Waals surface area contributed by atoms with Crippen molar-refractivity contribution in [3.05, 3.63) is 28.8 Å². The largest absolute Gasteiger partial charge is 0.488 e. The number of hydrogen-bond acceptors (Lipinski definition) is 2. The number of hydrogen-bond donors (Lipinski definition) is 1. The van der Waals surface area contributed by atoms with E-state index in [1.165, 1.54) is 12.8 Å². The van der Waals surface area contributed by atoms with Gasteiger partial charge in [-0.1, -0.05) is 31.5 Å². The minimum Gasteiger partial charge on any atom is -0.488 e. The Morgan fingerprint density at radius 3 is 2.70 bits per heavy atom. The standard InChI is InChI=1S/C17H26ClNO/c1-11(2)13-6-8-15(19-4)17(9-13)20-16-10-14(18)7-5-12(16)3/h5,7,10-11,13,15,17,19H,6,8-9H2,1-4H3. The number of aryl methyl sites for hydroxylation is 1. The summed E-state index contributed by atoms with van der Waals surface area (Å²) in [6, 6.07) is 6.30. The summed E-state index contributed by atoms with van der Waals surface area (Å²) in [7, 11) is 2.03. The molecule has 1 saturated carbocycles. The fraction of sp³-hybridized carbons (Fsp3) is 0.647. The Balaban J connectivity index is 2.13. The van der Waals surface area contributed by atoms with Crippen LogP contribution < -0.4 is 10.1 Å². The molecule has 1 aliphatic rings. The lowest BCUT2D eigenvalue weighted by atomic mass is 9.78. The van der Waals surface area contributed by atoms with Crippen LogP contribution in [0.25, 0.3) is 0 Å². The lowest BCUT2D eigenvalue weighted by Crippen LogP contribution is -2.46. The van der Waals surface area contributed by atoms with E-state index in [0.717, 1.165) is 34.6 Å². The molecule has 112 valence electrons. The summed E-state index contributed by atoms with van der Waals surface area (Å²) in [6.07, 6.45) is 3.83. The molecule has 2 nitrogen and oxygen atoms in total. The molecule has 3 unspecified atom stereocenters. The van der Waals surface area contributed by atoms with E-state index >= 15 is 0 Å². The van der Waals surface area contributed by atoms with Gasteiger partial charge in [-0.25, -0.2) is 0 Å². The maximum absolute atomic E-state index is 6.30. The van der Waals surface area contributed by atoms with Gasteiger partial charge in [-0.2, -0.15) is 0 Å². The van der Waals surface area contributed by atoms with Crippen molar-refractivity contribution in [3.63, 3.8) is 0 Å². The molecule has 1 fully saturated rings. The van der Waals surface area contributed by atoms with Crippen LogP contribution in [0.1, 0.15) is 38.7 Å². The quantitative estimate of drug-likeness (QED) is 0.886. The van der Waals surface area contributed by atoms with Gasteiger partial charge < -0.3 is 10.1 Å². The van der Waals surface area contributed by atoms with Crippen LogP contribution in [0, 0.1) is 18.8 Å². The van der Waals surface area contributed by atoms with E-state index in [9.17, 15) is 0 Å². The van der Waals surface area contributed by atoms with Crippen molar-refractivity contribution in [2.45, 2.75) is 52.2 Å². The summed E-state index contributed by atoms with van der Waals surface area (Å²) in [4.78, 5) is 0. The van der Waals surface area contributed by atoms with Gasteiger partial charge in [0.05, 0.1) is 0 Å². The molecular formula is C17H26ClNO. The monoisotopic (exact) mass is 295 g/mol. The lowest BCUT2D eigenvalue weighted by molar-refractivity contribution is 0.0744. The normalized spacial score (nSPS) is 26.8. The summed E-state index contributed by atoms with van der Waals surface area (Å²) in [5, 5.41) is 4.15. The molecule has 0 radical (unpaired) electrons. The van der Waals surface area contributed by atoms with Crippen molar-refractivity contribution >= 4 is 11.6 Å². The first-order valence-electron chi connectivity index (χ1n) is 7.61. The van der Waals surface area contributed by atoms with E-state index in [1.54, 1.807) is 0 Å². The average Bonchev–Trinajstić information content (AvgIpc) is 2.42. The van der Waals surface area contributed by atoms with Crippen molar-refractivity contribution in [1.29, 1.82) is 0 Å². The maximum atomic E-state index is 6.30. The van der Waals surface area contributed by atoms with Gasteiger partial charge in [0, 0.05) is 11.1 Å². The van der Waals surface area contributed by atoms with Gasteiger partial charge in [0.25, 0.3) is 0 Å². The fourth-order valence-electron chi connectivity index (χ4n) is 3.09. The molecule has 1 aliphatic carbocycles. The lowest BCUT2D eigenvalue weighted by Gasteiger charge is -2.38. The van der Waals surface area contributed by atoms with Gasteiger partial charge in [-0.05, 0) is 62.8 Å². The van der Waals surface area contributed by atoms with Crippen molar-refractivity contribution in [2.24, 2.45) is 11.8 Å². The Morgan fingerprint density at radius 1 is 1.30 bits per heavy atom. The predicted molar refractivity (Wildman–Crippen MR) is 85.6 cm³/mol. The van der Waals surface area contributed by atoms with Gasteiger partial charge in [0.2, 0.25) is 0 Å². The Hall–Kier alpha value is -0.730. The van der Waals surface area contributed by atoms with Crippen molar-refractivity contribution < 1.29 is 4.74 Å². The molecule has 0 aliphatic heterocycles. The Kier molecular flexibility index (Phi) is 5.34. The second-order valence-corrected chi connectivity index (χ2v) is 6.71. The number of likely N-dealkylation sites (N-methyl/N-ethyl adjacent to an activating group) is 1. The molecule has 0 heterocycles. The molecule has 0 spiro atoms. The summed E-state index contributed by atoms with van der Waals surface area (Å²) >= 11 is 6.09. The summed E-state index contributed by atoms with van der Waals surface area (Å²) < 4.78 is 6.30. The summed E-state index contributed by atoms with van der Waals surface area (Å²) in [5.74, 6) is 2.40. The highest BCUT2D eigenvalue weighted by Crippen LogP contribution is 2.33. The zero-order chi connectivity index (χ0) is 14.7. The van der Waals surface area contributed by atoms with Gasteiger partial charge >= 0.3 is 0 Å². The second-order valence-electron chi connectivity index (χ2n) is 6.28. The van der Waals surface area contributed by atoms with Crippen LogP contribution in [0.2, 0.25) is 5.02 Å². The zero-order valence-electron chi connectivity index (χ0n) is 12.9. The molecule has 0 aromatic heterocycles. The van der Waals surface area contributed by atoms with Crippen molar-refractivity contribution in [3.8, 4) is 5.75 Å². The molecule has 1 N–H and O–H groups in total. The zero-order valence-corrected chi connectivity index (χ0v) is 13.7. The van der Waals surface area contributed by atoms with E-state index in [2.05, 4.69) is 26.1 Å². The van der Waals surface area contributed by atoms with Gasteiger partial charge in [-0.15, -0.1) is 0 Å². The molecule has 3 atom stereocenters. The highest BCUT2D eigenvalue weighted by molar-refractivity contribution is 6.30. The van der Waals surface area contributed by atoms with Crippen LogP contribution in [-0.2, 0) is 0 Å². The molecule has 20 heavy (non-hydrogen) atoms. The van der Waals surface area contributed by atoms with Gasteiger partial charge in [0.1, 0.15) is 11.9 Å². The molecule has 0 saturated heterocycles. The Labute approximate surface area is 127 Å². The molecule has 3 heteroatoms. The first-order valence-corrected chi connectivity index (χ1v) is 7.99. The number of nitrogens with one attached hydrogen (secondary N) is 1. The first-order chi connectivity index (χ1) is 9.51. The minimum absolute atomic E-state index is 0.235. The summed E-state index contributed by atoms with van der Waals surface area (Å²) in [6.45, 7) is 6.70.